The van der Waals surface area contributed by atoms with Gasteiger partial charge in [0.2, 0.25) is 6.10 Å². The Morgan fingerprint density at radius 1 is 1.08 bits per heavy atom. The molecule has 0 aromatic heterocycles. The molecule has 2 aromatic rings. The highest BCUT2D eigenvalue weighted by Crippen LogP contribution is 2.17. The quantitative estimate of drug-likeness (QED) is 0.777. The van der Waals surface area contributed by atoms with E-state index in [1.54, 1.807) is 36.4 Å². The third-order valence-electron chi connectivity index (χ3n) is 3.86. The van der Waals surface area contributed by atoms with E-state index < -0.39 is 6.10 Å². The zero-order chi connectivity index (χ0) is 18.4. The maximum absolute atomic E-state index is 13.3. The van der Waals surface area contributed by atoms with E-state index >= 15 is 0 Å². The maximum atomic E-state index is 13.3. The SMILES string of the molecule is O=C(NCCNC(=O)[C@H]1CC(c2cccc(F)c2)=NO1)c1ccccc1. The molecule has 0 bridgehead atoms. The lowest BCUT2D eigenvalue weighted by Gasteiger charge is -2.10. The maximum Gasteiger partial charge on any atom is 0.264 e. The van der Waals surface area contributed by atoms with Gasteiger partial charge in [0.1, 0.15) is 5.82 Å². The van der Waals surface area contributed by atoms with Crippen molar-refractivity contribution in [2.45, 2.75) is 12.5 Å². The van der Waals surface area contributed by atoms with Gasteiger partial charge >= 0.3 is 0 Å². The summed E-state index contributed by atoms with van der Waals surface area (Å²) in [6.07, 6.45) is -0.482. The van der Waals surface area contributed by atoms with Crippen LogP contribution in [0, 0.1) is 5.82 Å². The number of benzene rings is 2. The molecular formula is C19H18FN3O3. The van der Waals surface area contributed by atoms with E-state index in [4.69, 9.17) is 4.84 Å². The van der Waals surface area contributed by atoms with Gasteiger partial charge in [-0.15, -0.1) is 0 Å². The third-order valence-corrected chi connectivity index (χ3v) is 3.86. The Kier molecular flexibility index (Phi) is 5.58. The lowest BCUT2D eigenvalue weighted by molar-refractivity contribution is -0.131. The van der Waals surface area contributed by atoms with E-state index in [0.29, 0.717) is 23.4 Å². The summed E-state index contributed by atoms with van der Waals surface area (Å²) in [6, 6.07) is 14.8. The van der Waals surface area contributed by atoms with E-state index in [1.165, 1.54) is 12.1 Å². The van der Waals surface area contributed by atoms with Gasteiger partial charge in [0.05, 0.1) is 5.71 Å². The molecular weight excluding hydrogens is 337 g/mol. The third kappa shape index (κ3) is 4.44. The van der Waals surface area contributed by atoms with E-state index in [-0.39, 0.29) is 30.6 Å². The average Bonchev–Trinajstić information content (AvgIpc) is 3.16. The summed E-state index contributed by atoms with van der Waals surface area (Å²) in [7, 11) is 0. The van der Waals surface area contributed by atoms with Gasteiger partial charge in [-0.2, -0.15) is 0 Å². The normalized spacial score (nSPS) is 15.7. The fourth-order valence-electron chi connectivity index (χ4n) is 2.52. The van der Waals surface area contributed by atoms with Gasteiger partial charge in [-0.25, -0.2) is 4.39 Å². The molecule has 1 heterocycles. The number of halogens is 1. The van der Waals surface area contributed by atoms with Crippen LogP contribution in [0.3, 0.4) is 0 Å². The number of hydrogen-bond donors (Lipinski definition) is 2. The minimum Gasteiger partial charge on any atom is -0.382 e. The number of nitrogens with zero attached hydrogens (tertiary/aromatic N) is 1. The molecule has 3 rings (SSSR count). The first-order valence-electron chi connectivity index (χ1n) is 8.23. The molecule has 2 amide bonds. The lowest BCUT2D eigenvalue weighted by atomic mass is 10.0. The van der Waals surface area contributed by atoms with Crippen LogP contribution in [0.2, 0.25) is 0 Å². The first-order chi connectivity index (χ1) is 12.6. The van der Waals surface area contributed by atoms with Crippen LogP contribution in [-0.4, -0.2) is 36.7 Å². The lowest BCUT2D eigenvalue weighted by Crippen LogP contribution is -2.39. The Hall–Kier alpha value is -3.22. The highest BCUT2D eigenvalue weighted by atomic mass is 19.1. The van der Waals surface area contributed by atoms with Gasteiger partial charge in [0, 0.05) is 30.6 Å². The highest BCUT2D eigenvalue weighted by molar-refractivity contribution is 6.04. The van der Waals surface area contributed by atoms with Crippen LogP contribution < -0.4 is 10.6 Å². The second-order valence-corrected chi connectivity index (χ2v) is 5.76. The van der Waals surface area contributed by atoms with Crippen molar-refractivity contribution in [1.29, 1.82) is 0 Å². The summed E-state index contributed by atoms with van der Waals surface area (Å²) in [5, 5.41) is 9.27. The first-order valence-corrected chi connectivity index (χ1v) is 8.23. The second kappa shape index (κ2) is 8.24. The van der Waals surface area contributed by atoms with Crippen LogP contribution in [-0.2, 0) is 9.63 Å². The molecule has 0 spiro atoms. The first kappa shape index (κ1) is 17.6. The molecule has 26 heavy (non-hydrogen) atoms. The summed E-state index contributed by atoms with van der Waals surface area (Å²) in [5.74, 6) is -0.893. The van der Waals surface area contributed by atoms with Crippen molar-refractivity contribution in [1.82, 2.24) is 10.6 Å². The van der Waals surface area contributed by atoms with E-state index in [0.717, 1.165) is 0 Å². The van der Waals surface area contributed by atoms with Crippen LogP contribution in [0.5, 0.6) is 0 Å². The summed E-state index contributed by atoms with van der Waals surface area (Å²) < 4.78 is 13.3. The zero-order valence-electron chi connectivity index (χ0n) is 13.9. The molecule has 1 aliphatic rings. The number of rotatable bonds is 6. The smallest absolute Gasteiger partial charge is 0.264 e. The molecule has 0 fully saturated rings. The van der Waals surface area contributed by atoms with Gasteiger partial charge in [-0.05, 0) is 24.3 Å². The van der Waals surface area contributed by atoms with Crippen molar-refractivity contribution in [2.24, 2.45) is 5.16 Å². The predicted molar refractivity (Wildman–Crippen MR) is 94.2 cm³/mol. The average molecular weight is 355 g/mol. The Balaban J connectivity index is 1.40. The number of nitrogens with one attached hydrogen (secondary N) is 2. The van der Waals surface area contributed by atoms with Crippen molar-refractivity contribution in [3.8, 4) is 0 Å². The highest BCUT2D eigenvalue weighted by Gasteiger charge is 2.28. The summed E-state index contributed by atoms with van der Waals surface area (Å²) in [6.45, 7) is 0.566. The van der Waals surface area contributed by atoms with E-state index in [9.17, 15) is 14.0 Å². The largest absolute Gasteiger partial charge is 0.382 e. The van der Waals surface area contributed by atoms with Gasteiger partial charge < -0.3 is 15.5 Å². The van der Waals surface area contributed by atoms with Crippen LogP contribution in [0.15, 0.2) is 59.8 Å². The standard InChI is InChI=1S/C19H18FN3O3/c20-15-8-4-7-14(11-15)16-12-17(26-23-16)19(25)22-10-9-21-18(24)13-5-2-1-3-6-13/h1-8,11,17H,9-10,12H2,(H,21,24)(H,22,25)/t17-/m1/s1. The van der Waals surface area contributed by atoms with E-state index in [2.05, 4.69) is 15.8 Å². The molecule has 0 saturated heterocycles. The monoisotopic (exact) mass is 355 g/mol. The number of hydrogen-bond acceptors (Lipinski definition) is 4. The molecule has 0 unspecified atom stereocenters. The van der Waals surface area contributed by atoms with Crippen molar-refractivity contribution in [3.05, 3.63) is 71.5 Å². The van der Waals surface area contributed by atoms with Crippen molar-refractivity contribution in [3.63, 3.8) is 0 Å². The van der Waals surface area contributed by atoms with Gasteiger partial charge in [-0.1, -0.05) is 35.5 Å². The van der Waals surface area contributed by atoms with E-state index in [1.807, 2.05) is 6.07 Å². The van der Waals surface area contributed by atoms with Crippen molar-refractivity contribution in [2.75, 3.05) is 13.1 Å². The second-order valence-electron chi connectivity index (χ2n) is 5.76. The molecule has 0 saturated carbocycles. The number of carbonyl (C=O) groups is 2. The van der Waals surface area contributed by atoms with Crippen LogP contribution in [0.4, 0.5) is 4.39 Å². The fourth-order valence-corrected chi connectivity index (χ4v) is 2.52. The number of oxime groups is 1. The van der Waals surface area contributed by atoms with Gasteiger partial charge in [0.25, 0.3) is 11.8 Å². The Morgan fingerprint density at radius 2 is 1.85 bits per heavy atom. The van der Waals surface area contributed by atoms with Crippen molar-refractivity contribution < 1.29 is 18.8 Å². The molecule has 7 heteroatoms. The zero-order valence-corrected chi connectivity index (χ0v) is 13.9. The summed E-state index contributed by atoms with van der Waals surface area (Å²) in [4.78, 5) is 29.1. The van der Waals surface area contributed by atoms with Crippen LogP contribution >= 0.6 is 0 Å². The van der Waals surface area contributed by atoms with Gasteiger partial charge in [0.15, 0.2) is 0 Å². The van der Waals surface area contributed by atoms with Crippen LogP contribution in [0.1, 0.15) is 22.3 Å². The predicted octanol–water partition coefficient (Wildman–Crippen LogP) is 1.86. The molecule has 0 aliphatic carbocycles. The molecule has 2 N–H and O–H groups in total. The molecule has 1 atom stereocenters. The number of amides is 2. The summed E-state index contributed by atoms with van der Waals surface area (Å²) >= 11 is 0. The molecule has 1 aliphatic heterocycles. The Bertz CT molecular complexity index is 824. The number of carbonyl (C=O) groups excluding carboxylic acids is 2. The summed E-state index contributed by atoms with van der Waals surface area (Å²) in [5.41, 5.74) is 1.68. The molecule has 134 valence electrons. The fraction of sp³-hybridized carbons (Fsp3) is 0.211. The van der Waals surface area contributed by atoms with Gasteiger partial charge in [-0.3, -0.25) is 9.59 Å². The molecule has 0 radical (unpaired) electrons. The Morgan fingerprint density at radius 3 is 2.62 bits per heavy atom. The molecule has 2 aromatic carbocycles. The molecule has 6 nitrogen and oxygen atoms in total. The minimum atomic E-state index is -0.752. The Labute approximate surface area is 150 Å². The van der Waals surface area contributed by atoms with Crippen molar-refractivity contribution >= 4 is 17.5 Å². The minimum absolute atomic E-state index is 0.200. The van der Waals surface area contributed by atoms with Crippen LogP contribution in [0.25, 0.3) is 0 Å². The topological polar surface area (TPSA) is 79.8 Å².